The van der Waals surface area contributed by atoms with Gasteiger partial charge < -0.3 is 3.87 Å². The molecule has 0 amide bonds. The summed E-state index contributed by atoms with van der Waals surface area (Å²) in [7, 11) is -5.83. The minimum atomic E-state index is -3.65. The van der Waals surface area contributed by atoms with Crippen LogP contribution in [-0.4, -0.2) is 16.7 Å². The van der Waals surface area contributed by atoms with E-state index in [1.54, 1.807) is 12.1 Å². The lowest BCUT2D eigenvalue weighted by Crippen LogP contribution is -2.38. The van der Waals surface area contributed by atoms with Gasteiger partial charge in [0, 0.05) is 0 Å². The van der Waals surface area contributed by atoms with Gasteiger partial charge in [0.2, 0.25) is 8.32 Å². The lowest BCUT2D eigenvalue weighted by Gasteiger charge is -2.27. The highest BCUT2D eigenvalue weighted by Gasteiger charge is 2.35. The molecule has 3 nitrogen and oxygen atoms in total. The second-order valence-electron chi connectivity index (χ2n) is 6.56. The van der Waals surface area contributed by atoms with Crippen LogP contribution in [0.15, 0.2) is 29.2 Å². The van der Waals surface area contributed by atoms with Crippen molar-refractivity contribution in [3.05, 3.63) is 29.8 Å². The van der Waals surface area contributed by atoms with E-state index in [1.165, 1.54) is 0 Å². The summed E-state index contributed by atoms with van der Waals surface area (Å²) in [6.07, 6.45) is 0. The van der Waals surface area contributed by atoms with Gasteiger partial charge in [-0.05, 0) is 41.2 Å². The zero-order chi connectivity index (χ0) is 16.3. The lowest BCUT2D eigenvalue weighted by atomic mass is 9.87. The molecule has 5 heteroatoms. The Labute approximate surface area is 131 Å². The fourth-order valence-corrected chi connectivity index (χ4v) is 7.96. The molecule has 0 aliphatic heterocycles. The SMILES string of the molecule is CC[Si](CC)(CC)OS(=O)(=O)c1ccc(C(C)(C)C)cc1. The van der Waals surface area contributed by atoms with Crippen LogP contribution in [0.1, 0.15) is 47.1 Å². The number of hydrogen-bond donors (Lipinski definition) is 0. The molecule has 0 radical (unpaired) electrons. The van der Waals surface area contributed by atoms with Gasteiger partial charge in [0.25, 0.3) is 10.1 Å². The maximum Gasteiger partial charge on any atom is 0.287 e. The molecule has 120 valence electrons. The maximum atomic E-state index is 12.5. The molecule has 1 aromatic rings. The average molecular weight is 329 g/mol. The molecular formula is C16H28O3SSi. The van der Waals surface area contributed by atoms with Crippen LogP contribution < -0.4 is 0 Å². The first-order chi connectivity index (χ1) is 9.60. The largest absolute Gasteiger partial charge is 0.311 e. The molecule has 21 heavy (non-hydrogen) atoms. The van der Waals surface area contributed by atoms with Crippen molar-refractivity contribution in [3.8, 4) is 0 Å². The van der Waals surface area contributed by atoms with Crippen LogP contribution in [-0.2, 0) is 19.4 Å². The highest BCUT2D eigenvalue weighted by Crippen LogP contribution is 2.28. The first-order valence-electron chi connectivity index (χ1n) is 7.66. The Morgan fingerprint density at radius 2 is 1.38 bits per heavy atom. The van der Waals surface area contributed by atoms with Crippen LogP contribution in [0.5, 0.6) is 0 Å². The third kappa shape index (κ3) is 4.41. The first kappa shape index (κ1) is 18.4. The van der Waals surface area contributed by atoms with Gasteiger partial charge in [-0.15, -0.1) is 0 Å². The average Bonchev–Trinajstić information content (AvgIpc) is 2.44. The Bertz CT molecular complexity index is 544. The number of rotatable bonds is 6. The molecule has 0 spiro atoms. The van der Waals surface area contributed by atoms with E-state index < -0.39 is 18.4 Å². The predicted octanol–water partition coefficient (Wildman–Crippen LogP) is 4.69. The predicted molar refractivity (Wildman–Crippen MR) is 90.6 cm³/mol. The van der Waals surface area contributed by atoms with Crippen LogP contribution >= 0.6 is 0 Å². The first-order valence-corrected chi connectivity index (χ1v) is 11.6. The highest BCUT2D eigenvalue weighted by molar-refractivity contribution is 7.87. The Morgan fingerprint density at radius 1 is 0.952 bits per heavy atom. The van der Waals surface area contributed by atoms with Crippen molar-refractivity contribution in [1.29, 1.82) is 0 Å². The number of benzene rings is 1. The van der Waals surface area contributed by atoms with Gasteiger partial charge in [-0.2, -0.15) is 8.42 Å². The molecule has 0 saturated heterocycles. The Balaban J connectivity index is 3.09. The quantitative estimate of drug-likeness (QED) is 0.711. The standard InChI is InChI=1S/C16H28O3SSi/c1-7-21(8-2,9-3)19-20(17,18)15-12-10-14(11-13-15)16(4,5)6/h10-13H,7-9H2,1-6H3. The van der Waals surface area contributed by atoms with Crippen molar-refractivity contribution in [2.75, 3.05) is 0 Å². The summed E-state index contributed by atoms with van der Waals surface area (Å²) in [5.41, 5.74) is 1.13. The smallest absolute Gasteiger partial charge is 0.287 e. The van der Waals surface area contributed by atoms with Gasteiger partial charge in [-0.1, -0.05) is 53.7 Å². The molecule has 0 aliphatic rings. The molecule has 0 fully saturated rings. The molecule has 0 saturated carbocycles. The lowest BCUT2D eigenvalue weighted by molar-refractivity contribution is 0.474. The molecule has 0 aliphatic carbocycles. The van der Waals surface area contributed by atoms with E-state index in [0.717, 1.165) is 23.7 Å². The number of hydrogen-bond acceptors (Lipinski definition) is 3. The zero-order valence-corrected chi connectivity index (χ0v) is 15.9. The van der Waals surface area contributed by atoms with Crippen LogP contribution in [0.4, 0.5) is 0 Å². The van der Waals surface area contributed by atoms with Gasteiger partial charge in [-0.3, -0.25) is 0 Å². The van der Waals surface area contributed by atoms with E-state index in [4.69, 9.17) is 3.87 Å². The monoisotopic (exact) mass is 328 g/mol. The normalized spacial score (nSPS) is 13.4. The van der Waals surface area contributed by atoms with Crippen molar-refractivity contribution in [3.63, 3.8) is 0 Å². The van der Waals surface area contributed by atoms with Crippen molar-refractivity contribution in [1.82, 2.24) is 0 Å². The van der Waals surface area contributed by atoms with E-state index in [0.29, 0.717) is 0 Å². The van der Waals surface area contributed by atoms with Crippen LogP contribution in [0, 0.1) is 0 Å². The second-order valence-corrected chi connectivity index (χ2v) is 13.1. The minimum absolute atomic E-state index is 0.0118. The summed E-state index contributed by atoms with van der Waals surface area (Å²) in [6.45, 7) is 12.4. The minimum Gasteiger partial charge on any atom is -0.311 e. The van der Waals surface area contributed by atoms with Crippen LogP contribution in [0.2, 0.25) is 18.1 Å². The van der Waals surface area contributed by atoms with Crippen molar-refractivity contribution in [2.24, 2.45) is 0 Å². The summed E-state index contributed by atoms with van der Waals surface area (Å²) in [4.78, 5) is 0.266. The molecule has 0 N–H and O–H groups in total. The Hall–Kier alpha value is -0.653. The summed E-state index contributed by atoms with van der Waals surface area (Å²) in [5, 5.41) is 0. The van der Waals surface area contributed by atoms with Gasteiger partial charge in [-0.25, -0.2) is 0 Å². The highest BCUT2D eigenvalue weighted by atomic mass is 32.2. The second kappa shape index (κ2) is 6.63. The Kier molecular flexibility index (Phi) is 5.81. The summed E-state index contributed by atoms with van der Waals surface area (Å²) in [6, 6.07) is 9.54. The van der Waals surface area contributed by atoms with Crippen molar-refractivity contribution in [2.45, 2.75) is 70.0 Å². The fraction of sp³-hybridized carbons (Fsp3) is 0.625. The van der Waals surface area contributed by atoms with Gasteiger partial charge in [0.15, 0.2) is 0 Å². The van der Waals surface area contributed by atoms with Crippen molar-refractivity contribution < 1.29 is 12.3 Å². The molecule has 0 unspecified atom stereocenters. The molecule has 1 aromatic carbocycles. The van der Waals surface area contributed by atoms with Gasteiger partial charge >= 0.3 is 0 Å². The van der Waals surface area contributed by atoms with E-state index in [9.17, 15) is 8.42 Å². The molecule has 0 bridgehead atoms. The zero-order valence-electron chi connectivity index (χ0n) is 14.1. The third-order valence-electron chi connectivity index (χ3n) is 4.23. The van der Waals surface area contributed by atoms with Crippen LogP contribution in [0.25, 0.3) is 0 Å². The third-order valence-corrected chi connectivity index (χ3v) is 11.2. The van der Waals surface area contributed by atoms with Crippen molar-refractivity contribution >= 4 is 18.4 Å². The van der Waals surface area contributed by atoms with E-state index in [-0.39, 0.29) is 10.3 Å². The fourth-order valence-electron chi connectivity index (χ4n) is 2.33. The van der Waals surface area contributed by atoms with Gasteiger partial charge in [0.1, 0.15) is 0 Å². The summed E-state index contributed by atoms with van der Waals surface area (Å²) < 4.78 is 30.7. The summed E-state index contributed by atoms with van der Waals surface area (Å²) in [5.74, 6) is 0. The molecule has 0 aromatic heterocycles. The van der Waals surface area contributed by atoms with E-state index in [1.807, 2.05) is 32.9 Å². The van der Waals surface area contributed by atoms with Crippen LogP contribution in [0.3, 0.4) is 0 Å². The van der Waals surface area contributed by atoms with E-state index >= 15 is 0 Å². The van der Waals surface area contributed by atoms with E-state index in [2.05, 4.69) is 20.8 Å². The Morgan fingerprint density at radius 3 is 1.71 bits per heavy atom. The molecule has 0 heterocycles. The molecule has 1 rings (SSSR count). The summed E-state index contributed by atoms with van der Waals surface area (Å²) >= 11 is 0. The maximum absolute atomic E-state index is 12.5. The topological polar surface area (TPSA) is 43.4 Å². The molecule has 0 atom stereocenters. The van der Waals surface area contributed by atoms with Gasteiger partial charge in [0.05, 0.1) is 4.90 Å². The molecular weight excluding hydrogens is 300 g/mol.